The number of β-lactam (4-membered cyclic amide) rings is 1. The number of thiazole rings is 1. The molecule has 2 heterocycles. The van der Waals surface area contributed by atoms with Crippen molar-refractivity contribution >= 4 is 63.0 Å². The van der Waals surface area contributed by atoms with Crippen LogP contribution >= 0.6 is 22.9 Å². The number of oxime groups is 1. The highest BCUT2D eigenvalue weighted by Crippen LogP contribution is 2.29. The number of non-ortho nitro benzene ring substituents is 1. The van der Waals surface area contributed by atoms with Crippen molar-refractivity contribution in [3.8, 4) is 0 Å². The van der Waals surface area contributed by atoms with Crippen LogP contribution in [0.25, 0.3) is 0 Å². The van der Waals surface area contributed by atoms with Crippen molar-refractivity contribution in [3.05, 3.63) is 50.1 Å². The van der Waals surface area contributed by atoms with Crippen LogP contribution in [-0.4, -0.2) is 58.5 Å². The van der Waals surface area contributed by atoms with Gasteiger partial charge in [0.05, 0.1) is 4.92 Å². The van der Waals surface area contributed by atoms with Gasteiger partial charge in [0.15, 0.2) is 16.2 Å². The Morgan fingerprint density at radius 2 is 2.00 bits per heavy atom. The number of carbonyl (C=O) groups is 4. The molecule has 14 nitrogen and oxygen atoms in total. The van der Waals surface area contributed by atoms with Gasteiger partial charge in [0.25, 0.3) is 11.6 Å². The van der Waals surface area contributed by atoms with Crippen molar-refractivity contribution in [2.45, 2.75) is 25.6 Å². The lowest BCUT2D eigenvalue weighted by molar-refractivity contribution is -0.384. The number of ether oxygens (including phenoxy) is 1. The predicted molar refractivity (Wildman–Crippen MR) is 122 cm³/mol. The van der Waals surface area contributed by atoms with Crippen LogP contribution < -0.4 is 16.0 Å². The van der Waals surface area contributed by atoms with Crippen LogP contribution in [0, 0.1) is 10.1 Å². The highest BCUT2D eigenvalue weighted by atomic mass is 35.5. The Morgan fingerprint density at radius 1 is 1.31 bits per heavy atom. The second kappa shape index (κ2) is 10.9. The fourth-order valence-electron chi connectivity index (χ4n) is 2.88. The Balaban J connectivity index is 1.67. The van der Waals surface area contributed by atoms with E-state index in [0.717, 1.165) is 11.3 Å². The summed E-state index contributed by atoms with van der Waals surface area (Å²) in [6.07, 6.45) is 0. The minimum absolute atomic E-state index is 0.00874. The number of hydrogen-bond donors (Lipinski definition) is 3. The number of hydrogen-bond acceptors (Lipinski definition) is 11. The second-order valence-corrected chi connectivity index (χ2v) is 8.50. The van der Waals surface area contributed by atoms with Crippen molar-refractivity contribution in [3.63, 3.8) is 0 Å². The topological polar surface area (TPSA) is 191 Å². The van der Waals surface area contributed by atoms with E-state index in [1.807, 2.05) is 0 Å². The molecule has 1 aromatic carbocycles. The fourth-order valence-corrected chi connectivity index (χ4v) is 3.93. The highest BCUT2D eigenvalue weighted by Gasteiger charge is 2.47. The third kappa shape index (κ3) is 6.07. The molecule has 2 aromatic rings. The van der Waals surface area contributed by atoms with Gasteiger partial charge in [0.2, 0.25) is 11.8 Å². The van der Waals surface area contributed by atoms with Gasteiger partial charge < -0.3 is 25.5 Å². The van der Waals surface area contributed by atoms with Crippen LogP contribution in [0.5, 0.6) is 0 Å². The van der Waals surface area contributed by atoms with Crippen LogP contribution in [0.2, 0.25) is 4.47 Å². The minimum Gasteiger partial charge on any atom is -0.459 e. The molecule has 0 spiro atoms. The molecule has 184 valence electrons. The zero-order valence-electron chi connectivity index (χ0n) is 18.1. The maximum Gasteiger partial charge on any atom is 0.331 e. The highest BCUT2D eigenvalue weighted by molar-refractivity contribution is 7.20. The molecule has 0 saturated carbocycles. The number of nitro groups is 1. The molecule has 1 aliphatic heterocycles. The Hall–Kier alpha value is -4.11. The Bertz CT molecular complexity index is 1210. The van der Waals surface area contributed by atoms with E-state index in [1.165, 1.54) is 38.3 Å². The first-order valence-electron chi connectivity index (χ1n) is 9.67. The molecule has 0 aliphatic carbocycles. The Kier molecular flexibility index (Phi) is 7.93. The SMILES string of the molecule is CON=C(C(=O)NC1C(=O)NC1C(=O)OCc1ccc([N+](=O)[O-])cc1)c1nc(Cl)sc1NC(C)=O. The van der Waals surface area contributed by atoms with Gasteiger partial charge in [-0.2, -0.15) is 0 Å². The number of halogens is 1. The second-order valence-electron chi connectivity index (χ2n) is 6.92. The number of nitrogens with zero attached hydrogens (tertiary/aromatic N) is 3. The number of nitrogens with one attached hydrogen (secondary N) is 3. The molecule has 1 aromatic heterocycles. The quantitative estimate of drug-likeness (QED) is 0.139. The average Bonchev–Trinajstić information content (AvgIpc) is 3.16. The van der Waals surface area contributed by atoms with Gasteiger partial charge in [-0.05, 0) is 17.7 Å². The lowest BCUT2D eigenvalue weighted by Gasteiger charge is -2.35. The monoisotopic (exact) mass is 524 g/mol. The smallest absolute Gasteiger partial charge is 0.331 e. The minimum atomic E-state index is -1.28. The number of esters is 1. The van der Waals surface area contributed by atoms with E-state index in [9.17, 15) is 29.3 Å². The molecule has 0 bridgehead atoms. The van der Waals surface area contributed by atoms with E-state index in [1.54, 1.807) is 0 Å². The molecule has 3 rings (SSSR count). The van der Waals surface area contributed by atoms with Gasteiger partial charge >= 0.3 is 5.97 Å². The Morgan fingerprint density at radius 3 is 2.57 bits per heavy atom. The van der Waals surface area contributed by atoms with Crippen LogP contribution in [-0.2, 0) is 35.4 Å². The summed E-state index contributed by atoms with van der Waals surface area (Å²) >= 11 is 6.79. The first kappa shape index (κ1) is 25.5. The molecular weight excluding hydrogens is 508 g/mol. The van der Waals surface area contributed by atoms with Gasteiger partial charge in [-0.25, -0.2) is 9.78 Å². The standard InChI is InChI=1S/C19H17ClN6O8S/c1-8(27)21-17-13(24-19(20)35-17)12(25-33-2)16(29)22-11-14(23-15(11)28)18(30)34-7-9-3-5-10(6-4-9)26(31)32/h3-6,11,14H,7H2,1-2H3,(H,21,27)(H,22,29)(H,23,28). The molecule has 1 fully saturated rings. The molecule has 2 atom stereocenters. The molecule has 3 amide bonds. The molecule has 16 heteroatoms. The van der Waals surface area contributed by atoms with Crippen molar-refractivity contribution in [1.29, 1.82) is 0 Å². The number of benzene rings is 1. The van der Waals surface area contributed by atoms with Crippen LogP contribution in [0.3, 0.4) is 0 Å². The lowest BCUT2D eigenvalue weighted by Crippen LogP contribution is -2.72. The first-order valence-corrected chi connectivity index (χ1v) is 10.9. The Labute approximate surface area is 205 Å². The van der Waals surface area contributed by atoms with Gasteiger partial charge in [0, 0.05) is 19.1 Å². The average molecular weight is 525 g/mol. The summed E-state index contributed by atoms with van der Waals surface area (Å²) in [6, 6.07) is 2.88. The first-order chi connectivity index (χ1) is 16.6. The van der Waals surface area contributed by atoms with E-state index in [2.05, 4.69) is 26.1 Å². The van der Waals surface area contributed by atoms with Crippen molar-refractivity contribution < 1.29 is 33.7 Å². The molecule has 35 heavy (non-hydrogen) atoms. The summed E-state index contributed by atoms with van der Waals surface area (Å²) in [4.78, 5) is 67.6. The van der Waals surface area contributed by atoms with Crippen LogP contribution in [0.4, 0.5) is 10.7 Å². The van der Waals surface area contributed by atoms with Crippen molar-refractivity contribution in [1.82, 2.24) is 15.6 Å². The van der Waals surface area contributed by atoms with E-state index >= 15 is 0 Å². The fraction of sp³-hybridized carbons (Fsp3) is 0.263. The molecule has 0 radical (unpaired) electrons. The summed E-state index contributed by atoms with van der Waals surface area (Å²) in [5.41, 5.74) is -0.120. The van der Waals surface area contributed by atoms with E-state index in [0.29, 0.717) is 5.56 Å². The number of carbonyl (C=O) groups excluding carboxylic acids is 4. The van der Waals surface area contributed by atoms with E-state index in [-0.39, 0.29) is 27.5 Å². The lowest BCUT2D eigenvalue weighted by atomic mass is 9.98. The normalized spacial score (nSPS) is 17.0. The number of aromatic nitrogens is 1. The zero-order chi connectivity index (χ0) is 25.7. The molecule has 2 unspecified atom stereocenters. The van der Waals surface area contributed by atoms with Crippen molar-refractivity contribution in [2.24, 2.45) is 5.16 Å². The summed E-state index contributed by atoms with van der Waals surface area (Å²) in [5.74, 6) is -2.86. The molecule has 3 N–H and O–H groups in total. The number of amides is 3. The third-order valence-corrected chi connectivity index (χ3v) is 5.57. The number of anilines is 1. The largest absolute Gasteiger partial charge is 0.459 e. The third-order valence-electron chi connectivity index (χ3n) is 4.49. The predicted octanol–water partition coefficient (Wildman–Crippen LogP) is 0.740. The maximum atomic E-state index is 12.9. The van der Waals surface area contributed by atoms with Gasteiger partial charge in [-0.3, -0.25) is 24.5 Å². The zero-order valence-corrected chi connectivity index (χ0v) is 19.6. The molecule has 1 aliphatic rings. The maximum absolute atomic E-state index is 12.9. The number of rotatable bonds is 9. The summed E-state index contributed by atoms with van der Waals surface area (Å²) < 4.78 is 5.15. The van der Waals surface area contributed by atoms with Crippen LogP contribution in [0.1, 0.15) is 18.2 Å². The summed E-state index contributed by atoms with van der Waals surface area (Å²) in [6.45, 7) is 1.04. The summed E-state index contributed by atoms with van der Waals surface area (Å²) in [5, 5.41) is 21.6. The van der Waals surface area contributed by atoms with Gasteiger partial charge in [-0.1, -0.05) is 28.1 Å². The molecule has 1 saturated heterocycles. The van der Waals surface area contributed by atoms with E-state index < -0.39 is 46.4 Å². The molecular formula is C19H17ClN6O8S. The van der Waals surface area contributed by atoms with Crippen LogP contribution in [0.15, 0.2) is 29.4 Å². The van der Waals surface area contributed by atoms with E-state index in [4.69, 9.17) is 21.2 Å². The van der Waals surface area contributed by atoms with Crippen molar-refractivity contribution in [2.75, 3.05) is 12.4 Å². The summed E-state index contributed by atoms with van der Waals surface area (Å²) in [7, 11) is 1.17. The number of nitro benzene ring substituents is 1. The van der Waals surface area contributed by atoms with Gasteiger partial charge in [-0.15, -0.1) is 0 Å². The van der Waals surface area contributed by atoms with Gasteiger partial charge in [0.1, 0.15) is 30.5 Å².